The second-order valence-corrected chi connectivity index (χ2v) is 8.07. The predicted molar refractivity (Wildman–Crippen MR) is 88.0 cm³/mol. The third kappa shape index (κ3) is 4.10. The van der Waals surface area contributed by atoms with Crippen molar-refractivity contribution in [2.75, 3.05) is 26.2 Å². The summed E-state index contributed by atoms with van der Waals surface area (Å²) in [5, 5.41) is 8.86. The lowest BCUT2D eigenvalue weighted by atomic mass is 10.1. The molecule has 0 amide bonds. The quantitative estimate of drug-likeness (QED) is 0.878. The van der Waals surface area contributed by atoms with Gasteiger partial charge in [-0.25, -0.2) is 8.42 Å². The van der Waals surface area contributed by atoms with Gasteiger partial charge in [-0.15, -0.1) is 0 Å². The van der Waals surface area contributed by atoms with E-state index in [4.69, 9.17) is 5.11 Å². The number of nitrogens with zero attached hydrogens (tertiary/aromatic N) is 2. The Morgan fingerprint density at radius 1 is 1.17 bits per heavy atom. The lowest BCUT2D eigenvalue weighted by Gasteiger charge is -2.37. The number of rotatable bonds is 5. The SMILES string of the molecule is Cc1ccc(S(=O)(=O)N2CCN(C(C)CC(=O)O)CC2)cc1C. The molecule has 1 N–H and O–H groups in total. The Morgan fingerprint density at radius 3 is 2.30 bits per heavy atom. The number of sulfonamides is 1. The molecule has 6 nitrogen and oxygen atoms in total. The highest BCUT2D eigenvalue weighted by atomic mass is 32.2. The number of carboxylic acids is 1. The molecule has 1 heterocycles. The summed E-state index contributed by atoms with van der Waals surface area (Å²) < 4.78 is 26.9. The van der Waals surface area contributed by atoms with Crippen LogP contribution in [-0.4, -0.2) is 60.9 Å². The summed E-state index contributed by atoms with van der Waals surface area (Å²) >= 11 is 0. The molecule has 0 spiro atoms. The predicted octanol–water partition coefficient (Wildman–Crippen LogP) is 1.47. The van der Waals surface area contributed by atoms with E-state index in [1.165, 1.54) is 4.31 Å². The molecular formula is C16H24N2O4S. The minimum atomic E-state index is -3.48. The first-order valence-corrected chi connectivity index (χ1v) is 9.19. The van der Waals surface area contributed by atoms with Crippen LogP contribution in [0.5, 0.6) is 0 Å². The highest BCUT2D eigenvalue weighted by molar-refractivity contribution is 7.89. The average molecular weight is 340 g/mol. The topological polar surface area (TPSA) is 77.9 Å². The largest absolute Gasteiger partial charge is 0.481 e. The number of hydrogen-bond acceptors (Lipinski definition) is 4. The van der Waals surface area contributed by atoms with Crippen LogP contribution in [0.15, 0.2) is 23.1 Å². The fraction of sp³-hybridized carbons (Fsp3) is 0.562. The Hall–Kier alpha value is -1.44. The number of carbonyl (C=O) groups is 1. The molecule has 1 aromatic rings. The van der Waals surface area contributed by atoms with E-state index in [2.05, 4.69) is 0 Å². The van der Waals surface area contributed by atoms with Gasteiger partial charge < -0.3 is 5.11 Å². The van der Waals surface area contributed by atoms with E-state index in [9.17, 15) is 13.2 Å². The number of aliphatic carboxylic acids is 1. The Labute approximate surface area is 137 Å². The summed E-state index contributed by atoms with van der Waals surface area (Å²) in [6.07, 6.45) is 0.0733. The van der Waals surface area contributed by atoms with Gasteiger partial charge in [0.05, 0.1) is 11.3 Å². The smallest absolute Gasteiger partial charge is 0.304 e. The van der Waals surface area contributed by atoms with Crippen LogP contribution in [0.4, 0.5) is 0 Å². The number of benzene rings is 1. The summed E-state index contributed by atoms with van der Waals surface area (Å²) in [4.78, 5) is 13.1. The van der Waals surface area contributed by atoms with Gasteiger partial charge in [-0.1, -0.05) is 6.07 Å². The third-order valence-corrected chi connectivity index (χ3v) is 6.38. The molecule has 1 aliphatic heterocycles. The number of aryl methyl sites for hydroxylation is 2. The van der Waals surface area contributed by atoms with Crippen molar-refractivity contribution in [2.45, 2.75) is 38.1 Å². The van der Waals surface area contributed by atoms with Crippen molar-refractivity contribution >= 4 is 16.0 Å². The summed E-state index contributed by atoms with van der Waals surface area (Å²) in [7, 11) is -3.48. The molecule has 1 unspecified atom stereocenters. The van der Waals surface area contributed by atoms with Crippen LogP contribution < -0.4 is 0 Å². The van der Waals surface area contributed by atoms with Crippen molar-refractivity contribution in [2.24, 2.45) is 0 Å². The zero-order valence-corrected chi connectivity index (χ0v) is 14.6. The van der Waals surface area contributed by atoms with Crippen molar-refractivity contribution < 1.29 is 18.3 Å². The summed E-state index contributed by atoms with van der Waals surface area (Å²) in [5.74, 6) is -0.831. The molecule has 0 aliphatic carbocycles. The van der Waals surface area contributed by atoms with Crippen LogP contribution in [0, 0.1) is 13.8 Å². The molecule has 1 saturated heterocycles. The fourth-order valence-corrected chi connectivity index (χ4v) is 4.30. The monoisotopic (exact) mass is 340 g/mol. The Morgan fingerprint density at radius 2 is 1.78 bits per heavy atom. The van der Waals surface area contributed by atoms with Gasteiger partial charge in [0.15, 0.2) is 0 Å². The maximum absolute atomic E-state index is 12.7. The van der Waals surface area contributed by atoms with Crippen molar-refractivity contribution in [3.05, 3.63) is 29.3 Å². The minimum Gasteiger partial charge on any atom is -0.481 e. The normalized spacial score (nSPS) is 18.7. The van der Waals surface area contributed by atoms with Gasteiger partial charge in [0, 0.05) is 32.2 Å². The molecule has 128 valence electrons. The first-order chi connectivity index (χ1) is 10.7. The first-order valence-electron chi connectivity index (χ1n) is 7.75. The average Bonchev–Trinajstić information content (AvgIpc) is 2.49. The van der Waals surface area contributed by atoms with Crippen LogP contribution >= 0.6 is 0 Å². The van der Waals surface area contributed by atoms with Gasteiger partial charge in [-0.3, -0.25) is 9.69 Å². The van der Waals surface area contributed by atoms with Crippen molar-refractivity contribution in [1.82, 2.24) is 9.21 Å². The van der Waals surface area contributed by atoms with Gasteiger partial charge in [-0.2, -0.15) is 4.31 Å². The summed E-state index contributed by atoms with van der Waals surface area (Å²) in [6.45, 7) is 7.60. The third-order valence-electron chi connectivity index (χ3n) is 4.48. The zero-order valence-electron chi connectivity index (χ0n) is 13.8. The lowest BCUT2D eigenvalue weighted by Crippen LogP contribution is -2.51. The van der Waals surface area contributed by atoms with Crippen LogP contribution in [0.2, 0.25) is 0 Å². The second-order valence-electron chi connectivity index (χ2n) is 6.13. The van der Waals surface area contributed by atoms with E-state index in [-0.39, 0.29) is 12.5 Å². The zero-order chi connectivity index (χ0) is 17.2. The molecule has 1 aromatic carbocycles. The molecule has 1 aliphatic rings. The minimum absolute atomic E-state index is 0.0733. The van der Waals surface area contributed by atoms with Crippen LogP contribution in [-0.2, 0) is 14.8 Å². The summed E-state index contributed by atoms with van der Waals surface area (Å²) in [6, 6.07) is 5.10. The fourth-order valence-electron chi connectivity index (χ4n) is 2.79. The van der Waals surface area contributed by atoms with Crippen LogP contribution in [0.3, 0.4) is 0 Å². The van der Waals surface area contributed by atoms with E-state index in [1.807, 2.05) is 31.7 Å². The Bertz CT molecular complexity index is 679. The van der Waals surface area contributed by atoms with Gasteiger partial charge >= 0.3 is 5.97 Å². The van der Waals surface area contributed by atoms with E-state index in [0.29, 0.717) is 31.1 Å². The molecule has 1 fully saturated rings. The van der Waals surface area contributed by atoms with E-state index in [1.54, 1.807) is 12.1 Å². The molecule has 0 radical (unpaired) electrons. The van der Waals surface area contributed by atoms with Gasteiger partial charge in [0.25, 0.3) is 0 Å². The molecule has 0 saturated carbocycles. The molecule has 0 aromatic heterocycles. The van der Waals surface area contributed by atoms with Crippen molar-refractivity contribution in [3.8, 4) is 0 Å². The maximum Gasteiger partial charge on any atom is 0.304 e. The molecule has 2 rings (SSSR count). The summed E-state index contributed by atoms with van der Waals surface area (Å²) in [5.41, 5.74) is 2.02. The molecule has 0 bridgehead atoms. The van der Waals surface area contributed by atoms with Crippen LogP contribution in [0.25, 0.3) is 0 Å². The molecular weight excluding hydrogens is 316 g/mol. The highest BCUT2D eigenvalue weighted by Gasteiger charge is 2.30. The van der Waals surface area contributed by atoms with E-state index >= 15 is 0 Å². The van der Waals surface area contributed by atoms with Gasteiger partial charge in [0.1, 0.15) is 0 Å². The van der Waals surface area contributed by atoms with E-state index < -0.39 is 16.0 Å². The standard InChI is InChI=1S/C16H24N2O4S/c1-12-4-5-15(10-13(12)2)23(21,22)18-8-6-17(7-9-18)14(3)11-16(19)20/h4-5,10,14H,6-9,11H2,1-3H3,(H,19,20). The number of hydrogen-bond donors (Lipinski definition) is 1. The molecule has 7 heteroatoms. The van der Waals surface area contributed by atoms with Crippen molar-refractivity contribution in [3.63, 3.8) is 0 Å². The Kier molecular flexibility index (Phi) is 5.44. The number of piperazine rings is 1. The number of carboxylic acid groups (broad SMARTS) is 1. The molecule has 1 atom stereocenters. The van der Waals surface area contributed by atoms with Gasteiger partial charge in [-0.05, 0) is 44.0 Å². The Balaban J connectivity index is 2.06. The highest BCUT2D eigenvalue weighted by Crippen LogP contribution is 2.21. The maximum atomic E-state index is 12.7. The van der Waals surface area contributed by atoms with Crippen molar-refractivity contribution in [1.29, 1.82) is 0 Å². The first kappa shape index (κ1) is 17.9. The molecule has 23 heavy (non-hydrogen) atoms. The van der Waals surface area contributed by atoms with Gasteiger partial charge in [0.2, 0.25) is 10.0 Å². The lowest BCUT2D eigenvalue weighted by molar-refractivity contribution is -0.138. The van der Waals surface area contributed by atoms with Crippen LogP contribution in [0.1, 0.15) is 24.5 Å². The van der Waals surface area contributed by atoms with E-state index in [0.717, 1.165) is 11.1 Å². The second kappa shape index (κ2) is 6.98.